The van der Waals surface area contributed by atoms with Gasteiger partial charge in [0.05, 0.1) is 4.47 Å². The van der Waals surface area contributed by atoms with Crippen molar-refractivity contribution in [3.63, 3.8) is 0 Å². The van der Waals surface area contributed by atoms with E-state index < -0.39 is 11.9 Å². The van der Waals surface area contributed by atoms with Gasteiger partial charge in [0.25, 0.3) is 0 Å². The maximum atomic E-state index is 13.8. The second-order valence-electron chi connectivity index (χ2n) is 3.92. The Bertz CT molecular complexity index is 560. The number of hydrogen-bond acceptors (Lipinski definition) is 2. The molecule has 0 radical (unpaired) electrons. The Balaban J connectivity index is 2.03. The lowest BCUT2D eigenvalue weighted by Gasteiger charge is -2.14. The lowest BCUT2D eigenvalue weighted by Crippen LogP contribution is -2.11. The second kappa shape index (κ2) is 6.37. The van der Waals surface area contributed by atoms with Crippen LogP contribution in [0.3, 0.4) is 0 Å². The van der Waals surface area contributed by atoms with Crippen LogP contribution in [-0.4, -0.2) is 11.7 Å². The van der Waals surface area contributed by atoms with Crippen LogP contribution in [0.25, 0.3) is 0 Å². The highest BCUT2D eigenvalue weighted by Crippen LogP contribution is 2.24. The highest BCUT2D eigenvalue weighted by Gasteiger charge is 2.15. The molecule has 2 nitrogen and oxygen atoms in total. The van der Waals surface area contributed by atoms with Gasteiger partial charge in [0, 0.05) is 10.6 Å². The molecule has 0 saturated carbocycles. The summed E-state index contributed by atoms with van der Waals surface area (Å²) in [5.41, 5.74) is 0.198. The topological polar surface area (TPSA) is 29.5 Å². The van der Waals surface area contributed by atoms with Crippen LogP contribution in [0.2, 0.25) is 5.02 Å². The summed E-state index contributed by atoms with van der Waals surface area (Å²) in [4.78, 5) is 0. The van der Waals surface area contributed by atoms with Crippen molar-refractivity contribution >= 4 is 27.5 Å². The Morgan fingerprint density at radius 2 is 1.89 bits per heavy atom. The van der Waals surface area contributed by atoms with Crippen LogP contribution in [-0.2, 0) is 0 Å². The first-order chi connectivity index (χ1) is 9.08. The van der Waals surface area contributed by atoms with E-state index in [1.54, 1.807) is 36.4 Å². The maximum absolute atomic E-state index is 13.8. The molecular weight excluding hydrogens is 335 g/mol. The Morgan fingerprint density at radius 1 is 1.21 bits per heavy atom. The monoisotopic (exact) mass is 344 g/mol. The van der Waals surface area contributed by atoms with E-state index in [-0.39, 0.29) is 12.2 Å². The van der Waals surface area contributed by atoms with E-state index in [0.29, 0.717) is 15.2 Å². The van der Waals surface area contributed by atoms with Crippen molar-refractivity contribution in [1.29, 1.82) is 0 Å². The van der Waals surface area contributed by atoms with Crippen molar-refractivity contribution in [3.05, 3.63) is 63.3 Å². The Hall–Kier alpha value is -1.10. The van der Waals surface area contributed by atoms with Gasteiger partial charge in [-0.3, -0.25) is 0 Å². The molecule has 0 aliphatic rings. The first-order valence-electron chi connectivity index (χ1n) is 5.58. The predicted octanol–water partition coefficient (Wildman–Crippen LogP) is 4.35. The van der Waals surface area contributed by atoms with Crippen molar-refractivity contribution in [2.45, 2.75) is 6.10 Å². The van der Waals surface area contributed by atoms with Gasteiger partial charge in [-0.15, -0.1) is 0 Å². The number of aliphatic hydroxyl groups excluding tert-OH is 1. The van der Waals surface area contributed by atoms with E-state index in [1.807, 2.05) is 0 Å². The minimum atomic E-state index is -1.03. The Labute approximate surface area is 123 Å². The molecule has 2 rings (SSSR count). The van der Waals surface area contributed by atoms with Crippen LogP contribution in [0.5, 0.6) is 5.75 Å². The minimum absolute atomic E-state index is 0.0327. The summed E-state index contributed by atoms with van der Waals surface area (Å²) in [6, 6.07) is 11.5. The third kappa shape index (κ3) is 3.69. The molecule has 19 heavy (non-hydrogen) atoms. The fourth-order valence-corrected chi connectivity index (χ4v) is 2.08. The van der Waals surface area contributed by atoms with Crippen LogP contribution in [0, 0.1) is 5.82 Å². The first kappa shape index (κ1) is 14.3. The highest BCUT2D eigenvalue weighted by atomic mass is 79.9. The highest BCUT2D eigenvalue weighted by molar-refractivity contribution is 9.10. The van der Waals surface area contributed by atoms with E-state index in [9.17, 15) is 9.50 Å². The number of rotatable bonds is 4. The molecule has 0 aliphatic heterocycles. The zero-order valence-corrected chi connectivity index (χ0v) is 12.2. The average molecular weight is 346 g/mol. The summed E-state index contributed by atoms with van der Waals surface area (Å²) in [7, 11) is 0. The van der Waals surface area contributed by atoms with Gasteiger partial charge in [0.15, 0.2) is 0 Å². The number of ether oxygens (including phenoxy) is 1. The van der Waals surface area contributed by atoms with Gasteiger partial charge < -0.3 is 9.84 Å². The summed E-state index contributed by atoms with van der Waals surface area (Å²) in [6.45, 7) is -0.0327. The van der Waals surface area contributed by atoms with E-state index >= 15 is 0 Å². The van der Waals surface area contributed by atoms with Gasteiger partial charge in [-0.1, -0.05) is 23.7 Å². The van der Waals surface area contributed by atoms with Crippen LogP contribution in [0.15, 0.2) is 46.9 Å². The molecule has 2 aromatic carbocycles. The van der Waals surface area contributed by atoms with E-state index in [2.05, 4.69) is 15.9 Å². The van der Waals surface area contributed by atoms with E-state index in [0.717, 1.165) is 0 Å². The fourth-order valence-electron chi connectivity index (χ4n) is 1.57. The largest absolute Gasteiger partial charge is 0.491 e. The van der Waals surface area contributed by atoms with Crippen LogP contribution < -0.4 is 4.74 Å². The quantitative estimate of drug-likeness (QED) is 0.892. The van der Waals surface area contributed by atoms with Crippen molar-refractivity contribution < 1.29 is 14.2 Å². The van der Waals surface area contributed by atoms with Gasteiger partial charge in [-0.25, -0.2) is 4.39 Å². The van der Waals surface area contributed by atoms with E-state index in [1.165, 1.54) is 6.07 Å². The summed E-state index contributed by atoms with van der Waals surface area (Å²) in [6.07, 6.45) is -1.03. The molecule has 1 unspecified atom stereocenters. The lowest BCUT2D eigenvalue weighted by atomic mass is 10.1. The molecule has 5 heteroatoms. The first-order valence-corrected chi connectivity index (χ1v) is 6.75. The maximum Gasteiger partial charge on any atom is 0.143 e. The smallest absolute Gasteiger partial charge is 0.143 e. The van der Waals surface area contributed by atoms with E-state index in [4.69, 9.17) is 16.3 Å². The van der Waals surface area contributed by atoms with Gasteiger partial charge >= 0.3 is 0 Å². The molecule has 0 heterocycles. The van der Waals surface area contributed by atoms with Crippen molar-refractivity contribution in [2.75, 3.05) is 6.61 Å². The van der Waals surface area contributed by atoms with Crippen molar-refractivity contribution in [3.8, 4) is 5.75 Å². The second-order valence-corrected chi connectivity index (χ2v) is 5.21. The Morgan fingerprint density at radius 3 is 2.58 bits per heavy atom. The molecule has 1 N–H and O–H groups in total. The molecule has 0 aromatic heterocycles. The minimum Gasteiger partial charge on any atom is -0.491 e. The van der Waals surface area contributed by atoms with Crippen LogP contribution >= 0.6 is 27.5 Å². The summed E-state index contributed by atoms with van der Waals surface area (Å²) < 4.78 is 19.4. The summed E-state index contributed by atoms with van der Waals surface area (Å²) in [5, 5.41) is 10.5. The third-order valence-electron chi connectivity index (χ3n) is 2.56. The molecular formula is C14H11BrClFO2. The van der Waals surface area contributed by atoms with Gasteiger partial charge in [0.1, 0.15) is 24.3 Å². The zero-order chi connectivity index (χ0) is 13.8. The lowest BCUT2D eigenvalue weighted by molar-refractivity contribution is 0.105. The molecule has 1 atom stereocenters. The molecule has 0 aliphatic carbocycles. The fraction of sp³-hybridized carbons (Fsp3) is 0.143. The normalized spacial score (nSPS) is 12.2. The summed E-state index contributed by atoms with van der Waals surface area (Å²) in [5.74, 6) is 0.0913. The molecule has 0 fully saturated rings. The standard InChI is InChI=1S/C14H11BrClFO2/c15-12-3-1-2-11(14(12)17)13(18)8-19-10-6-4-9(16)5-7-10/h1-7,13,18H,8H2. The molecule has 0 saturated heterocycles. The number of hydrogen-bond donors (Lipinski definition) is 1. The Kier molecular flexibility index (Phi) is 4.80. The number of halogens is 3. The molecule has 100 valence electrons. The van der Waals surface area contributed by atoms with Gasteiger partial charge in [0.2, 0.25) is 0 Å². The molecule has 0 amide bonds. The average Bonchev–Trinajstić information content (AvgIpc) is 2.41. The van der Waals surface area contributed by atoms with Crippen LogP contribution in [0.1, 0.15) is 11.7 Å². The predicted molar refractivity (Wildman–Crippen MR) is 76.0 cm³/mol. The third-order valence-corrected chi connectivity index (χ3v) is 3.43. The molecule has 2 aromatic rings. The van der Waals surface area contributed by atoms with Crippen LogP contribution in [0.4, 0.5) is 4.39 Å². The van der Waals surface area contributed by atoms with Gasteiger partial charge in [-0.2, -0.15) is 0 Å². The number of aliphatic hydroxyl groups is 1. The van der Waals surface area contributed by atoms with Crippen molar-refractivity contribution in [1.82, 2.24) is 0 Å². The van der Waals surface area contributed by atoms with Crippen molar-refractivity contribution in [2.24, 2.45) is 0 Å². The summed E-state index contributed by atoms with van der Waals surface area (Å²) >= 11 is 8.83. The molecule has 0 bridgehead atoms. The SMILES string of the molecule is OC(COc1ccc(Cl)cc1)c1cccc(Br)c1F. The van der Waals surface area contributed by atoms with Gasteiger partial charge in [-0.05, 0) is 46.3 Å². The zero-order valence-electron chi connectivity index (χ0n) is 9.82. The molecule has 0 spiro atoms. The number of benzene rings is 2.